The molecule has 4 rings (SSSR count). The number of thiocarbonyl (C=S) groups is 1. The van der Waals surface area contributed by atoms with Gasteiger partial charge in [0.05, 0.1) is 11.7 Å². The highest BCUT2D eigenvalue weighted by atomic mass is 79.9. The standard InChI is InChI=1S/C23H24BrN3OS/c1-14(2)13-27-22(21(26-23(27)29)18-6-4-5-11-25-18)20-10-9-19(28-20)16-8-7-15(3)12-17(16)24/h4-12,14,21-22H,13H2,1-3H3,(H,26,29)/t21-,22+/m1/s1. The number of hydrogen-bond donors (Lipinski definition) is 1. The third kappa shape index (κ3) is 4.09. The third-order valence-electron chi connectivity index (χ3n) is 5.07. The summed E-state index contributed by atoms with van der Waals surface area (Å²) in [5.41, 5.74) is 3.21. The quantitative estimate of drug-likeness (QED) is 0.461. The van der Waals surface area contributed by atoms with E-state index >= 15 is 0 Å². The number of pyridine rings is 1. The van der Waals surface area contributed by atoms with E-state index in [9.17, 15) is 0 Å². The first kappa shape index (κ1) is 20.1. The fourth-order valence-electron chi connectivity index (χ4n) is 3.78. The highest BCUT2D eigenvalue weighted by molar-refractivity contribution is 9.10. The molecule has 1 aliphatic heterocycles. The molecule has 0 unspecified atom stereocenters. The highest BCUT2D eigenvalue weighted by Gasteiger charge is 2.41. The van der Waals surface area contributed by atoms with Gasteiger partial charge in [0.2, 0.25) is 0 Å². The lowest BCUT2D eigenvalue weighted by Gasteiger charge is -2.27. The van der Waals surface area contributed by atoms with Gasteiger partial charge in [-0.1, -0.05) is 41.9 Å². The van der Waals surface area contributed by atoms with Crippen LogP contribution in [-0.4, -0.2) is 21.5 Å². The number of rotatable bonds is 5. The Balaban J connectivity index is 1.74. The van der Waals surface area contributed by atoms with Crippen molar-refractivity contribution in [3.05, 3.63) is 76.2 Å². The largest absolute Gasteiger partial charge is 0.459 e. The average molecular weight is 470 g/mol. The molecule has 3 aromatic rings. The first-order valence-corrected chi connectivity index (χ1v) is 11.0. The minimum atomic E-state index is -0.0529. The normalized spacial score (nSPS) is 19.1. The maximum Gasteiger partial charge on any atom is 0.170 e. The van der Waals surface area contributed by atoms with Crippen LogP contribution in [0.15, 0.2) is 63.6 Å². The molecule has 2 aromatic heterocycles. The number of aromatic nitrogens is 1. The molecule has 0 aliphatic carbocycles. The van der Waals surface area contributed by atoms with Crippen LogP contribution in [0.25, 0.3) is 11.3 Å². The molecule has 0 spiro atoms. The van der Waals surface area contributed by atoms with Crippen molar-refractivity contribution in [1.82, 2.24) is 15.2 Å². The number of halogens is 1. The predicted octanol–water partition coefficient (Wildman–Crippen LogP) is 6.04. The summed E-state index contributed by atoms with van der Waals surface area (Å²) in [5, 5.41) is 4.21. The molecule has 6 heteroatoms. The van der Waals surface area contributed by atoms with Crippen molar-refractivity contribution in [2.75, 3.05) is 6.54 Å². The molecule has 29 heavy (non-hydrogen) atoms. The minimum Gasteiger partial charge on any atom is -0.459 e. The van der Waals surface area contributed by atoms with Gasteiger partial charge in [-0.2, -0.15) is 0 Å². The summed E-state index contributed by atoms with van der Waals surface area (Å²) in [4.78, 5) is 6.80. The molecule has 1 N–H and O–H groups in total. The number of hydrogen-bond acceptors (Lipinski definition) is 3. The second kappa shape index (κ2) is 8.28. The lowest BCUT2D eigenvalue weighted by molar-refractivity contribution is 0.253. The van der Waals surface area contributed by atoms with E-state index in [2.05, 4.69) is 76.2 Å². The monoisotopic (exact) mass is 469 g/mol. The lowest BCUT2D eigenvalue weighted by Crippen LogP contribution is -2.32. The van der Waals surface area contributed by atoms with Crippen molar-refractivity contribution >= 4 is 33.3 Å². The van der Waals surface area contributed by atoms with Crippen LogP contribution in [0.1, 0.15) is 42.9 Å². The number of aryl methyl sites for hydroxylation is 1. The topological polar surface area (TPSA) is 41.3 Å². The maximum absolute atomic E-state index is 6.39. The molecule has 1 aromatic carbocycles. The Labute approximate surface area is 185 Å². The van der Waals surface area contributed by atoms with Crippen LogP contribution in [0.4, 0.5) is 0 Å². The summed E-state index contributed by atoms with van der Waals surface area (Å²) in [6.45, 7) is 7.33. The van der Waals surface area contributed by atoms with Crippen LogP contribution >= 0.6 is 28.1 Å². The first-order chi connectivity index (χ1) is 13.9. The van der Waals surface area contributed by atoms with E-state index in [0.29, 0.717) is 5.92 Å². The van der Waals surface area contributed by atoms with E-state index in [-0.39, 0.29) is 12.1 Å². The summed E-state index contributed by atoms with van der Waals surface area (Å²) < 4.78 is 7.41. The number of benzene rings is 1. The number of nitrogens with one attached hydrogen (secondary N) is 1. The van der Waals surface area contributed by atoms with Gasteiger partial charge in [-0.3, -0.25) is 4.98 Å². The summed E-state index contributed by atoms with van der Waals surface area (Å²) in [6, 6.07) is 16.3. The molecule has 1 fully saturated rings. The highest BCUT2D eigenvalue weighted by Crippen LogP contribution is 2.41. The summed E-state index contributed by atoms with van der Waals surface area (Å²) >= 11 is 9.35. The van der Waals surface area contributed by atoms with Crippen LogP contribution in [0, 0.1) is 12.8 Å². The Bertz CT molecular complexity index is 1020. The van der Waals surface area contributed by atoms with Crippen molar-refractivity contribution in [2.45, 2.75) is 32.9 Å². The van der Waals surface area contributed by atoms with Crippen molar-refractivity contribution in [3.63, 3.8) is 0 Å². The van der Waals surface area contributed by atoms with Crippen molar-refractivity contribution < 1.29 is 4.42 Å². The zero-order chi connectivity index (χ0) is 20.5. The van der Waals surface area contributed by atoms with Crippen LogP contribution in [0.3, 0.4) is 0 Å². The van der Waals surface area contributed by atoms with E-state index in [1.165, 1.54) is 5.56 Å². The molecular formula is C23H24BrN3OS. The van der Waals surface area contributed by atoms with Crippen molar-refractivity contribution in [2.24, 2.45) is 5.92 Å². The first-order valence-electron chi connectivity index (χ1n) is 9.78. The molecule has 0 radical (unpaired) electrons. The zero-order valence-corrected chi connectivity index (χ0v) is 19.1. The fourth-order valence-corrected chi connectivity index (χ4v) is 4.78. The van der Waals surface area contributed by atoms with E-state index < -0.39 is 0 Å². The van der Waals surface area contributed by atoms with Gasteiger partial charge in [0.15, 0.2) is 5.11 Å². The average Bonchev–Trinajstić information content (AvgIpc) is 3.27. The van der Waals surface area contributed by atoms with Crippen LogP contribution in [0.2, 0.25) is 0 Å². The summed E-state index contributed by atoms with van der Waals surface area (Å²) in [5.74, 6) is 2.20. The number of nitrogens with zero attached hydrogens (tertiary/aromatic N) is 2. The van der Waals surface area contributed by atoms with E-state index in [1.807, 2.05) is 30.5 Å². The van der Waals surface area contributed by atoms with Crippen LogP contribution < -0.4 is 5.32 Å². The molecule has 0 bridgehead atoms. The number of furan rings is 1. The Kier molecular flexibility index (Phi) is 5.74. The molecule has 150 valence electrons. The zero-order valence-electron chi connectivity index (χ0n) is 16.7. The second-order valence-corrected chi connectivity index (χ2v) is 9.10. The third-order valence-corrected chi connectivity index (χ3v) is 6.08. The molecule has 0 saturated carbocycles. The van der Waals surface area contributed by atoms with Gasteiger partial charge in [0.25, 0.3) is 0 Å². The maximum atomic E-state index is 6.39. The van der Waals surface area contributed by atoms with E-state index in [0.717, 1.165) is 38.9 Å². The van der Waals surface area contributed by atoms with E-state index in [1.54, 1.807) is 0 Å². The van der Waals surface area contributed by atoms with Gasteiger partial charge in [-0.05, 0) is 67.0 Å². The second-order valence-electron chi connectivity index (χ2n) is 7.86. The minimum absolute atomic E-state index is 0.0437. The lowest BCUT2D eigenvalue weighted by atomic mass is 10.0. The van der Waals surface area contributed by atoms with Gasteiger partial charge in [-0.15, -0.1) is 0 Å². The molecule has 2 atom stereocenters. The van der Waals surface area contributed by atoms with E-state index in [4.69, 9.17) is 16.6 Å². The molecular weight excluding hydrogens is 446 g/mol. The van der Waals surface area contributed by atoms with Crippen molar-refractivity contribution in [3.8, 4) is 11.3 Å². The van der Waals surface area contributed by atoms with Crippen molar-refractivity contribution in [1.29, 1.82) is 0 Å². The predicted molar refractivity (Wildman–Crippen MR) is 124 cm³/mol. The van der Waals surface area contributed by atoms with Crippen LogP contribution in [-0.2, 0) is 0 Å². The Morgan fingerprint density at radius 2 is 2.03 bits per heavy atom. The molecule has 1 aliphatic rings. The fraction of sp³-hybridized carbons (Fsp3) is 0.304. The van der Waals surface area contributed by atoms with Gasteiger partial charge in [-0.25, -0.2) is 0 Å². The smallest absolute Gasteiger partial charge is 0.170 e. The molecule has 4 nitrogen and oxygen atoms in total. The van der Waals surface area contributed by atoms with Crippen LogP contribution in [0.5, 0.6) is 0 Å². The van der Waals surface area contributed by atoms with Gasteiger partial charge in [0, 0.05) is 22.8 Å². The molecule has 3 heterocycles. The van der Waals surface area contributed by atoms with Gasteiger partial charge < -0.3 is 14.6 Å². The van der Waals surface area contributed by atoms with Gasteiger partial charge in [0.1, 0.15) is 17.6 Å². The Morgan fingerprint density at radius 1 is 1.21 bits per heavy atom. The van der Waals surface area contributed by atoms with Gasteiger partial charge >= 0.3 is 0 Å². The molecule has 1 saturated heterocycles. The summed E-state index contributed by atoms with van der Waals surface area (Å²) in [6.07, 6.45) is 1.82. The molecule has 0 amide bonds. The SMILES string of the molecule is Cc1ccc(-c2ccc([C@H]3[C@@H](c4ccccn4)NC(=S)N3CC(C)C)o2)c(Br)c1. The Hall–Kier alpha value is -2.18. The summed E-state index contributed by atoms with van der Waals surface area (Å²) in [7, 11) is 0. The Morgan fingerprint density at radius 3 is 2.72 bits per heavy atom.